The molecule has 0 saturated carbocycles. The summed E-state index contributed by atoms with van der Waals surface area (Å²) in [6.45, 7) is 8.23. The van der Waals surface area contributed by atoms with E-state index < -0.39 is 5.82 Å². The molecule has 1 N–H and O–H groups in total. The van der Waals surface area contributed by atoms with Crippen molar-refractivity contribution in [2.75, 3.05) is 5.32 Å². The summed E-state index contributed by atoms with van der Waals surface area (Å²) in [5.74, 6) is -0.308. The maximum Gasteiger partial charge on any atom is 0.230 e. The number of fused-ring (bicyclic) bond motifs is 1. The molecule has 0 aliphatic carbocycles. The lowest BCUT2D eigenvalue weighted by atomic mass is 9.88. The molecule has 0 atom stereocenters. The summed E-state index contributed by atoms with van der Waals surface area (Å²) < 4.78 is 17.0. The zero-order valence-electron chi connectivity index (χ0n) is 21.3. The standard InChI is InChI=1S/C30H28FN5O/c1-19-6-5-7-25(34-19)21-11-13-36-26(18-33-28(36)15-21)22-9-8-20(24(31)14-22)16-29(37)35-27-17-23(10-12-32-27)30(2,3)4/h5-15,17-18H,16H2,1-4H3,(H,32,35,37). The molecule has 0 spiro atoms. The molecule has 6 nitrogen and oxygen atoms in total. The molecular formula is C30H28FN5O. The van der Waals surface area contributed by atoms with E-state index in [2.05, 4.69) is 41.0 Å². The van der Waals surface area contributed by atoms with Crippen molar-refractivity contribution in [2.24, 2.45) is 0 Å². The minimum Gasteiger partial charge on any atom is -0.310 e. The number of nitrogens with zero attached hydrogens (tertiary/aromatic N) is 4. The number of pyridine rings is 3. The predicted molar refractivity (Wildman–Crippen MR) is 144 cm³/mol. The second-order valence-electron chi connectivity index (χ2n) is 10.2. The van der Waals surface area contributed by atoms with E-state index in [9.17, 15) is 4.79 Å². The molecule has 1 aromatic carbocycles. The Hall–Kier alpha value is -4.39. The number of hydrogen-bond acceptors (Lipinski definition) is 4. The summed E-state index contributed by atoms with van der Waals surface area (Å²) in [7, 11) is 0. The smallest absolute Gasteiger partial charge is 0.230 e. The molecule has 0 fully saturated rings. The first-order chi connectivity index (χ1) is 17.7. The Morgan fingerprint density at radius 2 is 1.84 bits per heavy atom. The lowest BCUT2D eigenvalue weighted by Gasteiger charge is -2.19. The number of imidazole rings is 1. The van der Waals surface area contributed by atoms with Crippen molar-refractivity contribution in [1.82, 2.24) is 19.4 Å². The van der Waals surface area contributed by atoms with Crippen molar-refractivity contribution in [3.8, 4) is 22.5 Å². The maximum absolute atomic E-state index is 15.1. The summed E-state index contributed by atoms with van der Waals surface area (Å²) in [6.07, 6.45) is 5.21. The van der Waals surface area contributed by atoms with Crippen molar-refractivity contribution < 1.29 is 9.18 Å². The van der Waals surface area contributed by atoms with Gasteiger partial charge in [0.2, 0.25) is 5.91 Å². The van der Waals surface area contributed by atoms with Gasteiger partial charge in [0.1, 0.15) is 17.3 Å². The van der Waals surface area contributed by atoms with Crippen LogP contribution in [0.1, 0.15) is 37.6 Å². The Balaban J connectivity index is 1.34. The SMILES string of the molecule is Cc1cccc(-c2ccn3c(-c4ccc(CC(=O)Nc5cc(C(C)(C)C)ccn5)c(F)c4)cnc3c2)n1. The van der Waals surface area contributed by atoms with Gasteiger partial charge in [0.15, 0.2) is 0 Å². The van der Waals surface area contributed by atoms with Gasteiger partial charge in [0.25, 0.3) is 0 Å². The van der Waals surface area contributed by atoms with E-state index in [1.807, 2.05) is 66.1 Å². The van der Waals surface area contributed by atoms with Gasteiger partial charge in [-0.25, -0.2) is 14.4 Å². The number of hydrogen-bond donors (Lipinski definition) is 1. The van der Waals surface area contributed by atoms with Crippen LogP contribution in [0.2, 0.25) is 0 Å². The quantitative estimate of drug-likeness (QED) is 0.308. The first-order valence-electron chi connectivity index (χ1n) is 12.1. The van der Waals surface area contributed by atoms with Gasteiger partial charge in [0, 0.05) is 29.2 Å². The molecule has 0 aliphatic rings. The van der Waals surface area contributed by atoms with Crippen LogP contribution < -0.4 is 5.32 Å². The molecule has 0 unspecified atom stereocenters. The highest BCUT2D eigenvalue weighted by Crippen LogP contribution is 2.27. The first kappa shape index (κ1) is 24.3. The van der Waals surface area contributed by atoms with Gasteiger partial charge in [-0.3, -0.25) is 14.2 Å². The number of anilines is 1. The molecule has 186 valence electrons. The summed E-state index contributed by atoms with van der Waals surface area (Å²) in [5, 5.41) is 2.78. The normalized spacial score (nSPS) is 11.6. The number of rotatable bonds is 5. The fourth-order valence-electron chi connectivity index (χ4n) is 4.23. The van der Waals surface area contributed by atoms with Crippen LogP contribution in [0.5, 0.6) is 0 Å². The average molecular weight is 494 g/mol. The number of benzene rings is 1. The summed E-state index contributed by atoms with van der Waals surface area (Å²) in [4.78, 5) is 25.9. The molecule has 0 radical (unpaired) electrons. The highest BCUT2D eigenvalue weighted by molar-refractivity contribution is 5.91. The van der Waals surface area contributed by atoms with E-state index in [4.69, 9.17) is 0 Å². The molecule has 4 aromatic heterocycles. The van der Waals surface area contributed by atoms with Gasteiger partial charge in [-0.05, 0) is 65.9 Å². The Kier molecular flexibility index (Phi) is 6.29. The van der Waals surface area contributed by atoms with Crippen molar-refractivity contribution in [2.45, 2.75) is 39.5 Å². The number of amides is 1. The van der Waals surface area contributed by atoms with E-state index >= 15 is 4.39 Å². The topological polar surface area (TPSA) is 72.2 Å². The van der Waals surface area contributed by atoms with Crippen LogP contribution in [0.4, 0.5) is 10.2 Å². The van der Waals surface area contributed by atoms with Crippen LogP contribution in [0, 0.1) is 12.7 Å². The number of halogens is 1. The van der Waals surface area contributed by atoms with Crippen molar-refractivity contribution in [1.29, 1.82) is 0 Å². The van der Waals surface area contributed by atoms with Gasteiger partial charge in [-0.15, -0.1) is 0 Å². The van der Waals surface area contributed by atoms with Gasteiger partial charge in [-0.2, -0.15) is 0 Å². The first-order valence-corrected chi connectivity index (χ1v) is 12.1. The zero-order valence-corrected chi connectivity index (χ0v) is 21.3. The molecule has 7 heteroatoms. The Morgan fingerprint density at radius 3 is 2.59 bits per heavy atom. The largest absolute Gasteiger partial charge is 0.310 e. The molecule has 1 amide bonds. The van der Waals surface area contributed by atoms with Gasteiger partial charge in [0.05, 0.1) is 24.0 Å². The molecule has 0 bridgehead atoms. The van der Waals surface area contributed by atoms with Crippen molar-refractivity contribution >= 4 is 17.4 Å². The highest BCUT2D eigenvalue weighted by Gasteiger charge is 2.16. The molecule has 37 heavy (non-hydrogen) atoms. The van der Waals surface area contributed by atoms with E-state index in [1.165, 1.54) is 6.07 Å². The van der Waals surface area contributed by atoms with Crippen LogP contribution in [-0.2, 0) is 16.6 Å². The number of nitrogens with one attached hydrogen (secondary N) is 1. The molecule has 5 rings (SSSR count). The Bertz CT molecular complexity index is 1620. The minimum absolute atomic E-state index is 0.0682. The fraction of sp³-hybridized carbons (Fsp3) is 0.200. The Labute approximate surface area is 215 Å². The summed E-state index contributed by atoms with van der Waals surface area (Å²) in [5.41, 5.74) is 6.27. The number of aromatic nitrogens is 4. The lowest BCUT2D eigenvalue weighted by molar-refractivity contribution is -0.115. The zero-order chi connectivity index (χ0) is 26.2. The fourth-order valence-corrected chi connectivity index (χ4v) is 4.23. The predicted octanol–water partition coefficient (Wildman–Crippen LogP) is 6.38. The van der Waals surface area contributed by atoms with Crippen LogP contribution in [-0.4, -0.2) is 25.3 Å². The number of carbonyl (C=O) groups is 1. The van der Waals surface area contributed by atoms with E-state index in [-0.39, 0.29) is 17.7 Å². The minimum atomic E-state index is -0.445. The second kappa shape index (κ2) is 9.58. The van der Waals surface area contributed by atoms with Crippen LogP contribution in [0.25, 0.3) is 28.2 Å². The third-order valence-corrected chi connectivity index (χ3v) is 6.29. The summed E-state index contributed by atoms with van der Waals surface area (Å²) in [6, 6.07) is 18.5. The lowest BCUT2D eigenvalue weighted by Crippen LogP contribution is -2.17. The van der Waals surface area contributed by atoms with Gasteiger partial charge in [-0.1, -0.05) is 39.0 Å². The summed E-state index contributed by atoms with van der Waals surface area (Å²) >= 11 is 0. The van der Waals surface area contributed by atoms with Gasteiger partial charge >= 0.3 is 0 Å². The van der Waals surface area contributed by atoms with Crippen LogP contribution >= 0.6 is 0 Å². The molecule has 0 saturated heterocycles. The van der Waals surface area contributed by atoms with E-state index in [1.54, 1.807) is 18.5 Å². The Morgan fingerprint density at radius 1 is 1.00 bits per heavy atom. The molecule has 0 aliphatic heterocycles. The van der Waals surface area contributed by atoms with E-state index in [0.717, 1.165) is 33.9 Å². The van der Waals surface area contributed by atoms with Crippen LogP contribution in [0.3, 0.4) is 0 Å². The maximum atomic E-state index is 15.1. The van der Waals surface area contributed by atoms with Gasteiger partial charge < -0.3 is 5.32 Å². The van der Waals surface area contributed by atoms with Crippen LogP contribution in [0.15, 0.2) is 79.3 Å². The molecular weight excluding hydrogens is 465 g/mol. The van der Waals surface area contributed by atoms with Crippen molar-refractivity contribution in [3.63, 3.8) is 0 Å². The van der Waals surface area contributed by atoms with Crippen molar-refractivity contribution in [3.05, 3.63) is 102 Å². The average Bonchev–Trinajstić information content (AvgIpc) is 3.28. The highest BCUT2D eigenvalue weighted by atomic mass is 19.1. The third-order valence-electron chi connectivity index (χ3n) is 6.29. The second-order valence-corrected chi connectivity index (χ2v) is 10.2. The van der Waals surface area contributed by atoms with E-state index in [0.29, 0.717) is 16.9 Å². The number of aryl methyl sites for hydroxylation is 1. The molecule has 4 heterocycles. The number of carbonyl (C=O) groups excluding carboxylic acids is 1. The molecule has 5 aromatic rings. The third kappa shape index (κ3) is 5.26. The monoisotopic (exact) mass is 493 g/mol.